The molecule has 2 aliphatic rings. The summed E-state index contributed by atoms with van der Waals surface area (Å²) < 4.78 is 0. The maximum Gasteiger partial charge on any atom is 0.186 e. The Morgan fingerprint density at radius 3 is 2.85 bits per heavy atom. The SMILES string of the molecule is CC1CCCC(C(CC(=O)c2cnc(N3CCN(C)CC3)s2)Cc2c[nH]c3ccccc23)C1. The number of benzene rings is 1. The van der Waals surface area contributed by atoms with Crippen LogP contribution in [0.5, 0.6) is 0 Å². The van der Waals surface area contributed by atoms with Gasteiger partial charge in [-0.15, -0.1) is 0 Å². The molecule has 1 aliphatic carbocycles. The van der Waals surface area contributed by atoms with E-state index < -0.39 is 0 Å². The third-order valence-corrected chi connectivity index (χ3v) is 8.89. The van der Waals surface area contributed by atoms with Crippen molar-refractivity contribution < 1.29 is 4.79 Å². The number of ketones is 1. The number of H-pyrrole nitrogens is 1. The van der Waals surface area contributed by atoms with E-state index in [9.17, 15) is 4.79 Å². The van der Waals surface area contributed by atoms with Gasteiger partial charge in [0.2, 0.25) is 0 Å². The molecule has 5 rings (SSSR count). The monoisotopic (exact) mass is 464 g/mol. The van der Waals surface area contributed by atoms with Gasteiger partial charge in [-0.05, 0) is 49.3 Å². The molecule has 0 bridgehead atoms. The number of Topliss-reactive ketones (excluding diaryl/α,β-unsaturated/α-hetero) is 1. The zero-order valence-corrected chi connectivity index (χ0v) is 20.7. The highest BCUT2D eigenvalue weighted by Crippen LogP contribution is 2.38. The van der Waals surface area contributed by atoms with Crippen LogP contribution >= 0.6 is 11.3 Å². The van der Waals surface area contributed by atoms with Crippen LogP contribution in [-0.2, 0) is 6.42 Å². The van der Waals surface area contributed by atoms with Gasteiger partial charge in [0, 0.05) is 49.7 Å². The molecule has 6 heteroatoms. The number of piperazine rings is 1. The minimum atomic E-state index is 0.274. The maximum atomic E-state index is 13.5. The van der Waals surface area contributed by atoms with Gasteiger partial charge < -0.3 is 14.8 Å². The van der Waals surface area contributed by atoms with Crippen LogP contribution in [0.15, 0.2) is 36.7 Å². The van der Waals surface area contributed by atoms with Gasteiger partial charge in [0.05, 0.1) is 11.1 Å². The Bertz CT molecular complexity index is 1080. The summed E-state index contributed by atoms with van der Waals surface area (Å²) in [7, 11) is 2.16. The number of hydrogen-bond donors (Lipinski definition) is 1. The first-order chi connectivity index (χ1) is 16.1. The molecule has 0 amide bonds. The molecule has 3 heterocycles. The van der Waals surface area contributed by atoms with Gasteiger partial charge in [-0.1, -0.05) is 55.7 Å². The van der Waals surface area contributed by atoms with Gasteiger partial charge in [0.1, 0.15) is 0 Å². The Morgan fingerprint density at radius 2 is 2.03 bits per heavy atom. The largest absolute Gasteiger partial charge is 0.361 e. The second-order valence-corrected chi connectivity index (χ2v) is 11.3. The highest BCUT2D eigenvalue weighted by atomic mass is 32.1. The summed E-state index contributed by atoms with van der Waals surface area (Å²) in [5.41, 5.74) is 2.54. The standard InChI is InChI=1S/C27H36N4OS/c1-19-6-5-7-20(14-19)21(15-22-17-28-24-9-4-3-8-23(22)24)16-25(32)26-18-29-27(33-26)31-12-10-30(2)11-13-31/h3-4,8-9,17-21,28H,5-7,10-16H2,1-2H3. The third kappa shape index (κ3) is 5.17. The molecule has 5 nitrogen and oxygen atoms in total. The van der Waals surface area contributed by atoms with Crippen LogP contribution in [0.1, 0.15) is 54.3 Å². The number of nitrogens with zero attached hydrogens (tertiary/aromatic N) is 3. The van der Waals surface area contributed by atoms with E-state index >= 15 is 0 Å². The van der Waals surface area contributed by atoms with Crippen LogP contribution in [0.25, 0.3) is 10.9 Å². The van der Waals surface area contributed by atoms with Crippen LogP contribution in [-0.4, -0.2) is 53.9 Å². The van der Waals surface area contributed by atoms with Crippen molar-refractivity contribution in [3.05, 3.63) is 47.1 Å². The number of fused-ring (bicyclic) bond motifs is 1. The lowest BCUT2D eigenvalue weighted by Gasteiger charge is -2.33. The fraction of sp³-hybridized carbons (Fsp3) is 0.556. The number of carbonyl (C=O) groups is 1. The Kier molecular flexibility index (Phi) is 6.84. The summed E-state index contributed by atoms with van der Waals surface area (Å²) in [5, 5.41) is 2.31. The van der Waals surface area contributed by atoms with E-state index in [1.165, 1.54) is 42.1 Å². The Balaban J connectivity index is 1.33. The van der Waals surface area contributed by atoms with Crippen LogP contribution in [0.2, 0.25) is 0 Å². The molecule has 176 valence electrons. The van der Waals surface area contributed by atoms with Crippen molar-refractivity contribution in [2.24, 2.45) is 17.8 Å². The molecular formula is C27H36N4OS. The number of rotatable bonds is 7. The lowest BCUT2D eigenvalue weighted by molar-refractivity contribution is 0.0924. The van der Waals surface area contributed by atoms with Crippen LogP contribution < -0.4 is 4.90 Å². The average Bonchev–Trinajstić information content (AvgIpc) is 3.47. The number of thiazole rings is 1. The second-order valence-electron chi connectivity index (χ2n) is 10.3. The molecule has 1 aromatic carbocycles. The van der Waals surface area contributed by atoms with Crippen molar-refractivity contribution >= 4 is 33.2 Å². The van der Waals surface area contributed by atoms with Crippen molar-refractivity contribution in [2.45, 2.75) is 45.4 Å². The average molecular weight is 465 g/mol. The molecule has 3 atom stereocenters. The lowest BCUT2D eigenvalue weighted by Crippen LogP contribution is -2.44. The molecular weight excluding hydrogens is 428 g/mol. The summed E-state index contributed by atoms with van der Waals surface area (Å²) in [6.45, 7) is 6.45. The quantitative estimate of drug-likeness (QED) is 0.460. The molecule has 2 aromatic heterocycles. The Labute approximate surface area is 201 Å². The number of nitrogens with one attached hydrogen (secondary N) is 1. The number of para-hydroxylation sites is 1. The third-order valence-electron chi connectivity index (χ3n) is 7.79. The predicted octanol–water partition coefficient (Wildman–Crippen LogP) is 5.63. The zero-order chi connectivity index (χ0) is 22.8. The predicted molar refractivity (Wildman–Crippen MR) is 137 cm³/mol. The molecule has 3 aromatic rings. The fourth-order valence-electron chi connectivity index (χ4n) is 5.77. The number of carbonyl (C=O) groups excluding carboxylic acids is 1. The van der Waals surface area contributed by atoms with Crippen molar-refractivity contribution in [3.8, 4) is 0 Å². The maximum absolute atomic E-state index is 13.5. The van der Waals surface area contributed by atoms with E-state index in [1.54, 1.807) is 11.3 Å². The zero-order valence-electron chi connectivity index (χ0n) is 19.9. The van der Waals surface area contributed by atoms with Gasteiger partial charge in [0.15, 0.2) is 10.9 Å². The molecule has 3 unspecified atom stereocenters. The lowest BCUT2D eigenvalue weighted by atomic mass is 9.72. The summed E-state index contributed by atoms with van der Waals surface area (Å²) in [4.78, 5) is 27.0. The van der Waals surface area contributed by atoms with Gasteiger partial charge in [-0.3, -0.25) is 4.79 Å². The van der Waals surface area contributed by atoms with Gasteiger partial charge in [-0.2, -0.15) is 0 Å². The highest BCUT2D eigenvalue weighted by molar-refractivity contribution is 7.17. The number of aromatic amines is 1. The topological polar surface area (TPSA) is 52.2 Å². The van der Waals surface area contributed by atoms with E-state index in [0.29, 0.717) is 18.3 Å². The Hall–Kier alpha value is -2.18. The molecule has 1 N–H and O–H groups in total. The van der Waals surface area contributed by atoms with Crippen LogP contribution in [0.3, 0.4) is 0 Å². The summed E-state index contributed by atoms with van der Waals surface area (Å²) in [6, 6.07) is 8.53. The normalized spacial score (nSPS) is 23.2. The number of hydrogen-bond acceptors (Lipinski definition) is 5. The molecule has 33 heavy (non-hydrogen) atoms. The summed E-state index contributed by atoms with van der Waals surface area (Å²) in [5.74, 6) is 2.04. The van der Waals surface area contributed by atoms with Gasteiger partial charge >= 0.3 is 0 Å². The minimum Gasteiger partial charge on any atom is -0.361 e. The molecule has 0 radical (unpaired) electrons. The first-order valence-corrected chi connectivity index (χ1v) is 13.4. The molecule has 2 fully saturated rings. The highest BCUT2D eigenvalue weighted by Gasteiger charge is 2.30. The van der Waals surface area contributed by atoms with Crippen molar-refractivity contribution in [1.29, 1.82) is 0 Å². The first kappa shape index (κ1) is 22.6. The minimum absolute atomic E-state index is 0.274. The molecule has 0 spiro atoms. The molecule has 1 saturated carbocycles. The second kappa shape index (κ2) is 9.98. The number of anilines is 1. The van der Waals surface area contributed by atoms with Crippen molar-refractivity contribution in [3.63, 3.8) is 0 Å². The number of aromatic nitrogens is 2. The fourth-order valence-corrected chi connectivity index (χ4v) is 6.69. The van der Waals surface area contributed by atoms with Gasteiger partial charge in [0.25, 0.3) is 0 Å². The van der Waals surface area contributed by atoms with Gasteiger partial charge in [-0.25, -0.2) is 4.98 Å². The van der Waals surface area contributed by atoms with Crippen LogP contribution in [0.4, 0.5) is 5.13 Å². The Morgan fingerprint density at radius 1 is 1.21 bits per heavy atom. The smallest absolute Gasteiger partial charge is 0.186 e. The van der Waals surface area contributed by atoms with Crippen LogP contribution in [0, 0.1) is 17.8 Å². The van der Waals surface area contributed by atoms with Crippen molar-refractivity contribution in [1.82, 2.24) is 14.9 Å². The summed E-state index contributed by atoms with van der Waals surface area (Å²) >= 11 is 1.59. The van der Waals surface area contributed by atoms with Crippen molar-refractivity contribution in [2.75, 3.05) is 38.1 Å². The molecule has 1 aliphatic heterocycles. The van der Waals surface area contributed by atoms with E-state index in [2.05, 4.69) is 64.2 Å². The van der Waals surface area contributed by atoms with E-state index in [0.717, 1.165) is 48.5 Å². The first-order valence-electron chi connectivity index (χ1n) is 12.5. The van der Waals surface area contributed by atoms with E-state index in [4.69, 9.17) is 0 Å². The van der Waals surface area contributed by atoms with E-state index in [-0.39, 0.29) is 5.78 Å². The van der Waals surface area contributed by atoms with E-state index in [1.807, 2.05) is 6.20 Å². The summed E-state index contributed by atoms with van der Waals surface area (Å²) in [6.07, 6.45) is 10.7. The number of likely N-dealkylation sites (N-methyl/N-ethyl adjacent to an activating group) is 1. The molecule has 1 saturated heterocycles.